The zero-order valence-corrected chi connectivity index (χ0v) is 19.7. The van der Waals surface area contributed by atoms with Gasteiger partial charge in [-0.3, -0.25) is 19.7 Å². The number of pyridine rings is 2. The maximum Gasteiger partial charge on any atom is 0.253 e. The molecule has 8 nitrogen and oxygen atoms in total. The van der Waals surface area contributed by atoms with Crippen LogP contribution in [0.5, 0.6) is 0 Å². The number of rotatable bonds is 5. The van der Waals surface area contributed by atoms with E-state index in [1.54, 1.807) is 30.6 Å². The Morgan fingerprint density at radius 3 is 2.71 bits per heavy atom. The molecule has 0 bridgehead atoms. The minimum atomic E-state index is -0.828. The highest BCUT2D eigenvalue weighted by Crippen LogP contribution is 2.46. The number of hydrogen-bond acceptors (Lipinski definition) is 7. The molecule has 0 spiro atoms. The Morgan fingerprint density at radius 1 is 1.24 bits per heavy atom. The maximum absolute atomic E-state index is 13.5. The van der Waals surface area contributed by atoms with Gasteiger partial charge in [0.05, 0.1) is 30.4 Å². The summed E-state index contributed by atoms with van der Waals surface area (Å²) in [6.45, 7) is 4.44. The molecule has 3 aliphatic rings. The maximum atomic E-state index is 13.5. The van der Waals surface area contributed by atoms with Crippen LogP contribution < -0.4 is 5.32 Å². The van der Waals surface area contributed by atoms with Crippen molar-refractivity contribution < 1.29 is 9.53 Å². The number of aliphatic imine (C=N–C) groups is 1. The van der Waals surface area contributed by atoms with Crippen molar-refractivity contribution in [3.05, 3.63) is 64.3 Å². The van der Waals surface area contributed by atoms with Crippen LogP contribution in [0.25, 0.3) is 5.57 Å². The molecular weight excluding hydrogens is 452 g/mol. The quantitative estimate of drug-likeness (QED) is 0.664. The summed E-state index contributed by atoms with van der Waals surface area (Å²) < 4.78 is 5.57. The van der Waals surface area contributed by atoms with Crippen LogP contribution in [0.2, 0.25) is 5.15 Å². The van der Waals surface area contributed by atoms with Gasteiger partial charge >= 0.3 is 0 Å². The van der Waals surface area contributed by atoms with Crippen LogP contribution in [0.15, 0.2) is 47.3 Å². The third kappa shape index (κ3) is 4.23. The van der Waals surface area contributed by atoms with Gasteiger partial charge in [-0.15, -0.1) is 0 Å². The SMILES string of the molecule is CC1=C(c2ccc(Cl)nc2)CC(NC(=O)c2ccnc(C3(C#N)CC3)c2)(N2CCOCC2)C=N1. The fraction of sp³-hybridized carbons (Fsp3) is 0.400. The number of amides is 1. The van der Waals surface area contributed by atoms with Crippen molar-refractivity contribution in [2.75, 3.05) is 26.3 Å². The third-order valence-electron chi connectivity index (χ3n) is 6.81. The number of carbonyl (C=O) groups excluding carboxylic acids is 1. The lowest BCUT2D eigenvalue weighted by molar-refractivity contribution is -0.00621. The number of carbonyl (C=O) groups is 1. The van der Waals surface area contributed by atoms with Crippen molar-refractivity contribution in [3.8, 4) is 6.07 Å². The topological polar surface area (TPSA) is 104 Å². The second-order valence-corrected chi connectivity index (χ2v) is 9.36. The Labute approximate surface area is 203 Å². The first-order chi connectivity index (χ1) is 16.4. The number of allylic oxidation sites excluding steroid dienone is 1. The van der Waals surface area contributed by atoms with E-state index >= 15 is 0 Å². The van der Waals surface area contributed by atoms with Crippen LogP contribution in [-0.2, 0) is 10.2 Å². The average molecular weight is 477 g/mol. The monoisotopic (exact) mass is 476 g/mol. The van der Waals surface area contributed by atoms with Gasteiger partial charge in [0.2, 0.25) is 0 Å². The zero-order valence-electron chi connectivity index (χ0n) is 18.9. The van der Waals surface area contributed by atoms with Crippen molar-refractivity contribution in [1.82, 2.24) is 20.2 Å². The van der Waals surface area contributed by atoms with Crippen molar-refractivity contribution >= 4 is 29.3 Å². The van der Waals surface area contributed by atoms with Crippen molar-refractivity contribution in [2.45, 2.75) is 37.3 Å². The van der Waals surface area contributed by atoms with Gasteiger partial charge in [-0.2, -0.15) is 5.26 Å². The van der Waals surface area contributed by atoms with E-state index in [2.05, 4.69) is 26.3 Å². The molecule has 2 fully saturated rings. The van der Waals surface area contributed by atoms with E-state index in [9.17, 15) is 10.1 Å². The highest BCUT2D eigenvalue weighted by molar-refractivity contribution is 6.29. The molecule has 1 N–H and O–H groups in total. The second kappa shape index (κ2) is 8.91. The van der Waals surface area contributed by atoms with Gasteiger partial charge in [0.1, 0.15) is 10.8 Å². The number of hydrogen-bond donors (Lipinski definition) is 1. The van der Waals surface area contributed by atoms with Gasteiger partial charge < -0.3 is 10.1 Å². The van der Waals surface area contributed by atoms with Crippen LogP contribution >= 0.6 is 11.6 Å². The standard InChI is InChI=1S/C25H25ClN6O2/c1-17-20(19-2-3-22(26)29-14-19)13-25(16-30-17,32-8-10-34-11-9-32)31-23(33)18-4-7-28-21(12-18)24(15-27)5-6-24/h2-4,7,12,14,16H,5-6,8-11,13H2,1H3,(H,31,33). The summed E-state index contributed by atoms with van der Waals surface area (Å²) in [4.78, 5) is 29.0. The summed E-state index contributed by atoms with van der Waals surface area (Å²) in [7, 11) is 0. The van der Waals surface area contributed by atoms with Gasteiger partial charge in [0, 0.05) is 49.4 Å². The summed E-state index contributed by atoms with van der Waals surface area (Å²) in [6, 6.07) is 9.45. The normalized spacial score (nSPS) is 23.9. The number of aromatic nitrogens is 2. The average Bonchev–Trinajstić information content (AvgIpc) is 3.68. The lowest BCUT2D eigenvalue weighted by Gasteiger charge is -2.45. The van der Waals surface area contributed by atoms with Gasteiger partial charge in [0.25, 0.3) is 5.91 Å². The molecule has 1 aliphatic carbocycles. The van der Waals surface area contributed by atoms with E-state index in [1.165, 1.54) is 0 Å². The predicted octanol–water partition coefficient (Wildman–Crippen LogP) is 3.35. The molecular formula is C25H25ClN6O2. The Morgan fingerprint density at radius 2 is 2.03 bits per heavy atom. The van der Waals surface area contributed by atoms with Crippen LogP contribution in [0.4, 0.5) is 0 Å². The molecule has 0 aromatic carbocycles. The molecule has 174 valence electrons. The highest BCUT2D eigenvalue weighted by atomic mass is 35.5. The first kappa shape index (κ1) is 22.7. The van der Waals surface area contributed by atoms with Crippen molar-refractivity contribution in [3.63, 3.8) is 0 Å². The summed E-state index contributed by atoms with van der Waals surface area (Å²) in [5.74, 6) is -0.233. The number of ether oxygens (including phenoxy) is 1. The summed E-state index contributed by atoms with van der Waals surface area (Å²) in [5, 5.41) is 13.2. The zero-order chi connectivity index (χ0) is 23.8. The summed E-state index contributed by atoms with van der Waals surface area (Å²) >= 11 is 6.00. The lowest BCUT2D eigenvalue weighted by atomic mass is 9.90. The largest absolute Gasteiger partial charge is 0.379 e. The minimum absolute atomic E-state index is 0.233. The molecule has 1 saturated heterocycles. The minimum Gasteiger partial charge on any atom is -0.379 e. The van der Waals surface area contributed by atoms with E-state index in [-0.39, 0.29) is 5.91 Å². The third-order valence-corrected chi connectivity index (χ3v) is 7.04. The number of morpholine rings is 1. The van der Waals surface area contributed by atoms with Gasteiger partial charge in [-0.05, 0) is 49.1 Å². The Kier molecular flexibility index (Phi) is 5.94. The fourth-order valence-corrected chi connectivity index (χ4v) is 4.67. The number of nitrogens with one attached hydrogen (secondary N) is 1. The fourth-order valence-electron chi connectivity index (χ4n) is 4.55. The molecule has 2 aliphatic heterocycles. The summed E-state index contributed by atoms with van der Waals surface area (Å²) in [5.41, 5.74) is 2.54. The van der Waals surface area contributed by atoms with E-state index in [0.717, 1.165) is 29.7 Å². The first-order valence-corrected chi connectivity index (χ1v) is 11.7. The molecule has 2 aromatic heterocycles. The van der Waals surface area contributed by atoms with Crippen molar-refractivity contribution in [2.24, 2.45) is 4.99 Å². The summed E-state index contributed by atoms with van der Waals surface area (Å²) in [6.07, 6.45) is 7.24. The molecule has 34 heavy (non-hydrogen) atoms. The molecule has 2 aromatic rings. The number of halogens is 1. The molecule has 1 atom stereocenters. The van der Waals surface area contributed by atoms with E-state index in [0.29, 0.717) is 49.1 Å². The Hall–Kier alpha value is -3.12. The smallest absolute Gasteiger partial charge is 0.253 e. The van der Waals surface area contributed by atoms with E-state index in [1.807, 2.05) is 19.2 Å². The van der Waals surface area contributed by atoms with Gasteiger partial charge in [-0.1, -0.05) is 17.7 Å². The number of nitriles is 1. The van der Waals surface area contributed by atoms with Gasteiger partial charge in [0.15, 0.2) is 0 Å². The van der Waals surface area contributed by atoms with Crippen LogP contribution in [0, 0.1) is 11.3 Å². The Bertz CT molecular complexity index is 1210. The Balaban J connectivity index is 1.47. The second-order valence-electron chi connectivity index (χ2n) is 8.97. The molecule has 4 heterocycles. The van der Waals surface area contributed by atoms with E-state index in [4.69, 9.17) is 21.3 Å². The molecule has 5 rings (SSSR count). The highest BCUT2D eigenvalue weighted by Gasteiger charge is 2.47. The van der Waals surface area contributed by atoms with Crippen molar-refractivity contribution in [1.29, 1.82) is 5.26 Å². The van der Waals surface area contributed by atoms with Crippen LogP contribution in [0.1, 0.15) is 47.8 Å². The molecule has 1 amide bonds. The van der Waals surface area contributed by atoms with Gasteiger partial charge in [-0.25, -0.2) is 4.98 Å². The van der Waals surface area contributed by atoms with Crippen LogP contribution in [0.3, 0.4) is 0 Å². The predicted molar refractivity (Wildman–Crippen MR) is 128 cm³/mol. The molecule has 1 saturated carbocycles. The van der Waals surface area contributed by atoms with E-state index < -0.39 is 11.1 Å². The lowest BCUT2D eigenvalue weighted by Crippen LogP contribution is -2.65. The molecule has 9 heteroatoms. The first-order valence-electron chi connectivity index (χ1n) is 11.3. The van der Waals surface area contributed by atoms with Crippen LogP contribution in [-0.4, -0.2) is 59.0 Å². The number of nitrogens with zero attached hydrogens (tertiary/aromatic N) is 5. The molecule has 1 unspecified atom stereocenters. The molecule has 0 radical (unpaired) electrons.